The third-order valence-electron chi connectivity index (χ3n) is 6.86. The number of anilines is 2. The number of aromatic nitrogens is 2. The SMILES string of the molecule is COc1ccccc1C1CCN(c2nc(C3CC3)nc3c(N(C)CCO)cccc23)CC1. The Morgan fingerprint density at radius 2 is 1.78 bits per heavy atom. The zero-order chi connectivity index (χ0) is 22.1. The van der Waals surface area contributed by atoms with E-state index in [0.717, 1.165) is 59.9 Å². The molecule has 0 spiro atoms. The zero-order valence-electron chi connectivity index (χ0n) is 19.0. The Morgan fingerprint density at radius 1 is 1.00 bits per heavy atom. The number of hydrogen-bond donors (Lipinski definition) is 1. The fourth-order valence-corrected chi connectivity index (χ4v) is 4.89. The van der Waals surface area contributed by atoms with Crippen molar-refractivity contribution >= 4 is 22.4 Å². The number of methoxy groups -OCH3 is 1. The minimum Gasteiger partial charge on any atom is -0.496 e. The highest BCUT2D eigenvalue weighted by atomic mass is 16.5. The van der Waals surface area contributed by atoms with Crippen molar-refractivity contribution < 1.29 is 9.84 Å². The van der Waals surface area contributed by atoms with Crippen LogP contribution in [0.4, 0.5) is 11.5 Å². The van der Waals surface area contributed by atoms with Gasteiger partial charge in [-0.2, -0.15) is 0 Å². The molecule has 2 fully saturated rings. The molecule has 0 atom stereocenters. The Morgan fingerprint density at radius 3 is 2.50 bits per heavy atom. The second-order valence-electron chi connectivity index (χ2n) is 9.00. The van der Waals surface area contributed by atoms with Gasteiger partial charge >= 0.3 is 0 Å². The summed E-state index contributed by atoms with van der Waals surface area (Å²) in [6, 6.07) is 14.7. The van der Waals surface area contributed by atoms with Gasteiger partial charge in [0.25, 0.3) is 0 Å². The van der Waals surface area contributed by atoms with Gasteiger partial charge in [0.1, 0.15) is 17.4 Å². The normalized spacial score (nSPS) is 17.0. The quantitative estimate of drug-likeness (QED) is 0.600. The molecule has 6 heteroatoms. The maximum atomic E-state index is 9.45. The molecular weight excluding hydrogens is 400 g/mol. The molecule has 0 amide bonds. The standard InChI is InChI=1S/C26H32N4O2/c1-29(16-17-31)22-8-5-7-21-24(22)27-25(19-10-11-19)28-26(21)30-14-12-18(13-15-30)20-6-3-4-9-23(20)32-2/h3-9,18-19,31H,10-17H2,1-2H3. The van der Waals surface area contributed by atoms with Gasteiger partial charge in [0, 0.05) is 38.0 Å². The van der Waals surface area contributed by atoms with Gasteiger partial charge in [0.15, 0.2) is 0 Å². The van der Waals surface area contributed by atoms with E-state index in [0.29, 0.717) is 18.4 Å². The van der Waals surface area contributed by atoms with E-state index in [1.807, 2.05) is 13.1 Å². The van der Waals surface area contributed by atoms with Crippen molar-refractivity contribution in [3.05, 3.63) is 53.9 Å². The maximum Gasteiger partial charge on any atom is 0.140 e. The van der Waals surface area contributed by atoms with E-state index in [1.165, 1.54) is 18.4 Å². The third-order valence-corrected chi connectivity index (χ3v) is 6.86. The number of fused-ring (bicyclic) bond motifs is 1. The predicted molar refractivity (Wildman–Crippen MR) is 129 cm³/mol. The summed E-state index contributed by atoms with van der Waals surface area (Å²) >= 11 is 0. The number of hydrogen-bond acceptors (Lipinski definition) is 6. The number of likely N-dealkylation sites (N-methyl/N-ethyl adjacent to an activating group) is 1. The first kappa shape index (κ1) is 21.0. The molecule has 2 aromatic carbocycles. The van der Waals surface area contributed by atoms with Gasteiger partial charge in [-0.3, -0.25) is 0 Å². The van der Waals surface area contributed by atoms with Gasteiger partial charge in [-0.05, 0) is 55.4 Å². The second-order valence-corrected chi connectivity index (χ2v) is 9.00. The summed E-state index contributed by atoms with van der Waals surface area (Å²) in [7, 11) is 3.77. The van der Waals surface area contributed by atoms with Crippen molar-refractivity contribution in [2.24, 2.45) is 0 Å². The van der Waals surface area contributed by atoms with Crippen LogP contribution < -0.4 is 14.5 Å². The second kappa shape index (κ2) is 8.94. The molecule has 1 saturated heterocycles. The molecule has 5 rings (SSSR count). The van der Waals surface area contributed by atoms with Gasteiger partial charge in [0.2, 0.25) is 0 Å². The molecule has 1 N–H and O–H groups in total. The molecule has 32 heavy (non-hydrogen) atoms. The molecule has 0 radical (unpaired) electrons. The van der Waals surface area contributed by atoms with Crippen LogP contribution in [0.15, 0.2) is 42.5 Å². The molecule has 2 heterocycles. The van der Waals surface area contributed by atoms with Gasteiger partial charge in [-0.25, -0.2) is 9.97 Å². The number of aliphatic hydroxyl groups excluding tert-OH is 1. The van der Waals surface area contributed by atoms with Crippen molar-refractivity contribution in [1.29, 1.82) is 0 Å². The maximum absolute atomic E-state index is 9.45. The van der Waals surface area contributed by atoms with Crippen LogP contribution in [0.25, 0.3) is 10.9 Å². The fourth-order valence-electron chi connectivity index (χ4n) is 4.89. The van der Waals surface area contributed by atoms with Crippen LogP contribution in [-0.2, 0) is 0 Å². The number of para-hydroxylation sites is 2. The first-order chi connectivity index (χ1) is 15.7. The zero-order valence-corrected chi connectivity index (χ0v) is 19.0. The Kier molecular flexibility index (Phi) is 5.87. The van der Waals surface area contributed by atoms with Crippen LogP contribution in [-0.4, -0.2) is 55.5 Å². The Hall–Kier alpha value is -2.86. The van der Waals surface area contributed by atoms with Gasteiger partial charge in [0.05, 0.1) is 24.9 Å². The minimum atomic E-state index is 0.122. The lowest BCUT2D eigenvalue weighted by atomic mass is 9.88. The van der Waals surface area contributed by atoms with Crippen LogP contribution in [0.5, 0.6) is 5.75 Å². The Balaban J connectivity index is 1.47. The average molecular weight is 433 g/mol. The van der Waals surface area contributed by atoms with Gasteiger partial charge in [-0.15, -0.1) is 0 Å². The molecule has 1 aliphatic heterocycles. The van der Waals surface area contributed by atoms with E-state index >= 15 is 0 Å². The van der Waals surface area contributed by atoms with Crippen LogP contribution in [0.1, 0.15) is 48.9 Å². The highest BCUT2D eigenvalue weighted by Crippen LogP contribution is 2.42. The van der Waals surface area contributed by atoms with E-state index in [2.05, 4.69) is 46.2 Å². The van der Waals surface area contributed by atoms with Gasteiger partial charge in [-0.1, -0.05) is 24.3 Å². The predicted octanol–water partition coefficient (Wildman–Crippen LogP) is 4.33. The Bertz CT molecular complexity index is 1090. The van der Waals surface area contributed by atoms with Crippen molar-refractivity contribution in [2.75, 3.05) is 50.2 Å². The molecule has 3 aromatic rings. The lowest BCUT2D eigenvalue weighted by Crippen LogP contribution is -2.34. The summed E-state index contributed by atoms with van der Waals surface area (Å²) in [6.07, 6.45) is 4.51. The van der Waals surface area contributed by atoms with Crippen LogP contribution in [0.2, 0.25) is 0 Å². The van der Waals surface area contributed by atoms with Crippen LogP contribution >= 0.6 is 0 Å². The topological polar surface area (TPSA) is 61.7 Å². The number of piperidine rings is 1. The van der Waals surface area contributed by atoms with Crippen molar-refractivity contribution in [1.82, 2.24) is 9.97 Å². The number of ether oxygens (including phenoxy) is 1. The minimum absolute atomic E-state index is 0.122. The van der Waals surface area contributed by atoms with Crippen molar-refractivity contribution in [2.45, 2.75) is 37.5 Å². The number of aliphatic hydroxyl groups is 1. The highest BCUT2D eigenvalue weighted by Gasteiger charge is 2.30. The molecule has 1 saturated carbocycles. The van der Waals surface area contributed by atoms with Crippen molar-refractivity contribution in [3.8, 4) is 5.75 Å². The molecule has 168 valence electrons. The van der Waals surface area contributed by atoms with E-state index in [1.54, 1.807) is 7.11 Å². The Labute approximate surface area is 189 Å². The largest absolute Gasteiger partial charge is 0.496 e. The van der Waals surface area contributed by atoms with Gasteiger partial charge < -0.3 is 19.6 Å². The summed E-state index contributed by atoms with van der Waals surface area (Å²) in [4.78, 5) is 14.6. The summed E-state index contributed by atoms with van der Waals surface area (Å²) in [5, 5.41) is 10.6. The summed E-state index contributed by atoms with van der Waals surface area (Å²) in [5.41, 5.74) is 3.38. The van der Waals surface area contributed by atoms with E-state index < -0.39 is 0 Å². The van der Waals surface area contributed by atoms with Crippen LogP contribution in [0, 0.1) is 0 Å². The molecule has 1 aromatic heterocycles. The van der Waals surface area contributed by atoms with E-state index in [9.17, 15) is 5.11 Å². The lowest BCUT2D eigenvalue weighted by molar-refractivity contribution is 0.304. The summed E-state index contributed by atoms with van der Waals surface area (Å²) in [5.74, 6) is 4.02. The highest BCUT2D eigenvalue weighted by molar-refractivity contribution is 5.97. The summed E-state index contributed by atoms with van der Waals surface area (Å²) in [6.45, 7) is 2.64. The molecular formula is C26H32N4O2. The summed E-state index contributed by atoms with van der Waals surface area (Å²) < 4.78 is 5.62. The van der Waals surface area contributed by atoms with E-state index in [-0.39, 0.29) is 6.61 Å². The monoisotopic (exact) mass is 432 g/mol. The van der Waals surface area contributed by atoms with Crippen LogP contribution in [0.3, 0.4) is 0 Å². The molecule has 6 nitrogen and oxygen atoms in total. The lowest BCUT2D eigenvalue weighted by Gasteiger charge is -2.34. The van der Waals surface area contributed by atoms with E-state index in [4.69, 9.17) is 14.7 Å². The smallest absolute Gasteiger partial charge is 0.140 e. The molecule has 0 unspecified atom stereocenters. The molecule has 1 aliphatic carbocycles. The average Bonchev–Trinajstić information content (AvgIpc) is 3.69. The first-order valence-electron chi connectivity index (χ1n) is 11.7. The number of benzene rings is 2. The number of rotatable bonds is 7. The molecule has 2 aliphatic rings. The first-order valence-corrected chi connectivity index (χ1v) is 11.7. The molecule has 0 bridgehead atoms. The number of nitrogens with zero attached hydrogens (tertiary/aromatic N) is 4. The van der Waals surface area contributed by atoms with Crippen molar-refractivity contribution in [3.63, 3.8) is 0 Å². The fraction of sp³-hybridized carbons (Fsp3) is 0.462. The third kappa shape index (κ3) is 3.99.